The van der Waals surface area contributed by atoms with Crippen molar-refractivity contribution in [1.29, 1.82) is 0 Å². The lowest BCUT2D eigenvalue weighted by Gasteiger charge is -2.29. The molecule has 1 atom stereocenters. The first-order chi connectivity index (χ1) is 8.25. The summed E-state index contributed by atoms with van der Waals surface area (Å²) in [4.78, 5) is 0. The molecule has 0 saturated carbocycles. The highest BCUT2D eigenvalue weighted by atomic mass is 16.5. The minimum Gasteiger partial charge on any atom is -0.497 e. The van der Waals surface area contributed by atoms with Gasteiger partial charge in [0, 0.05) is 6.54 Å². The van der Waals surface area contributed by atoms with Crippen molar-refractivity contribution in [1.82, 2.24) is 0 Å². The van der Waals surface area contributed by atoms with E-state index >= 15 is 0 Å². The molecule has 0 spiro atoms. The fourth-order valence-corrected chi connectivity index (χ4v) is 2.46. The molecule has 1 aliphatic carbocycles. The van der Waals surface area contributed by atoms with Gasteiger partial charge in [0.1, 0.15) is 11.4 Å². The van der Waals surface area contributed by atoms with Gasteiger partial charge in [0.15, 0.2) is 0 Å². The molecule has 0 amide bonds. The summed E-state index contributed by atoms with van der Waals surface area (Å²) in [5.41, 5.74) is 7.78. The SMILES string of the molecule is COc1ccc2c(c1)C(CN)(OCCO)CC2. The second kappa shape index (κ2) is 5.04. The number of aliphatic hydroxyl groups excluding tert-OH is 1. The Balaban J connectivity index is 2.34. The van der Waals surface area contributed by atoms with Gasteiger partial charge in [-0.1, -0.05) is 6.07 Å². The van der Waals surface area contributed by atoms with Gasteiger partial charge in [-0.15, -0.1) is 0 Å². The van der Waals surface area contributed by atoms with E-state index in [1.165, 1.54) is 5.56 Å². The van der Waals surface area contributed by atoms with Crippen LogP contribution in [0.15, 0.2) is 18.2 Å². The van der Waals surface area contributed by atoms with Gasteiger partial charge in [0.2, 0.25) is 0 Å². The van der Waals surface area contributed by atoms with Crippen molar-refractivity contribution in [3.63, 3.8) is 0 Å². The van der Waals surface area contributed by atoms with Crippen molar-refractivity contribution < 1.29 is 14.6 Å². The Hall–Kier alpha value is -1.10. The lowest BCUT2D eigenvalue weighted by molar-refractivity contribution is -0.0555. The van der Waals surface area contributed by atoms with Crippen LogP contribution in [-0.4, -0.2) is 32.0 Å². The number of rotatable bonds is 5. The summed E-state index contributed by atoms with van der Waals surface area (Å²) < 4.78 is 11.0. The highest BCUT2D eigenvalue weighted by Gasteiger charge is 2.38. The van der Waals surface area contributed by atoms with Gasteiger partial charge in [-0.05, 0) is 36.1 Å². The van der Waals surface area contributed by atoms with Gasteiger partial charge >= 0.3 is 0 Å². The number of ether oxygens (including phenoxy) is 2. The molecular formula is C13H19NO3. The first kappa shape index (κ1) is 12.4. The highest BCUT2D eigenvalue weighted by Crippen LogP contribution is 2.40. The highest BCUT2D eigenvalue weighted by molar-refractivity contribution is 5.43. The summed E-state index contributed by atoms with van der Waals surface area (Å²) in [6, 6.07) is 6.01. The van der Waals surface area contributed by atoms with Gasteiger partial charge < -0.3 is 20.3 Å². The quantitative estimate of drug-likeness (QED) is 0.795. The van der Waals surface area contributed by atoms with E-state index in [0.29, 0.717) is 13.2 Å². The van der Waals surface area contributed by atoms with Crippen LogP contribution < -0.4 is 10.5 Å². The van der Waals surface area contributed by atoms with Crippen LogP contribution in [0.2, 0.25) is 0 Å². The number of aryl methyl sites for hydroxylation is 1. The molecule has 0 heterocycles. The third kappa shape index (κ3) is 2.16. The standard InChI is InChI=1S/C13H19NO3/c1-16-11-3-2-10-4-5-13(9-14,12(10)8-11)17-7-6-15/h2-3,8,15H,4-7,9,14H2,1H3. The number of fused-ring (bicyclic) bond motifs is 1. The Morgan fingerprint density at radius 2 is 2.29 bits per heavy atom. The molecule has 0 saturated heterocycles. The molecular weight excluding hydrogens is 218 g/mol. The molecule has 1 aliphatic rings. The topological polar surface area (TPSA) is 64.7 Å². The second-order valence-corrected chi connectivity index (χ2v) is 4.29. The maximum absolute atomic E-state index is 8.89. The average Bonchev–Trinajstić information content (AvgIpc) is 2.75. The molecule has 0 fully saturated rings. The molecule has 1 aromatic rings. The first-order valence-electron chi connectivity index (χ1n) is 5.88. The minimum atomic E-state index is -0.452. The largest absolute Gasteiger partial charge is 0.497 e. The number of hydrogen-bond donors (Lipinski definition) is 2. The van der Waals surface area contributed by atoms with Crippen LogP contribution in [-0.2, 0) is 16.8 Å². The zero-order valence-electron chi connectivity index (χ0n) is 10.1. The molecule has 0 radical (unpaired) electrons. The van der Waals surface area contributed by atoms with Crippen molar-refractivity contribution in [2.24, 2.45) is 5.73 Å². The lowest BCUT2D eigenvalue weighted by atomic mass is 9.95. The molecule has 17 heavy (non-hydrogen) atoms. The molecule has 3 N–H and O–H groups in total. The van der Waals surface area contributed by atoms with E-state index in [4.69, 9.17) is 20.3 Å². The Morgan fingerprint density at radius 3 is 2.94 bits per heavy atom. The van der Waals surface area contributed by atoms with Gasteiger partial charge in [0.05, 0.1) is 20.3 Å². The molecule has 4 nitrogen and oxygen atoms in total. The van der Waals surface area contributed by atoms with Gasteiger partial charge in [-0.3, -0.25) is 0 Å². The Kier molecular flexibility index (Phi) is 3.66. The minimum absolute atomic E-state index is 0.0149. The Bertz CT molecular complexity index is 394. The molecule has 94 valence electrons. The number of benzene rings is 1. The zero-order valence-corrected chi connectivity index (χ0v) is 10.1. The summed E-state index contributed by atoms with van der Waals surface area (Å²) >= 11 is 0. The van der Waals surface area contributed by atoms with Crippen LogP contribution in [0.3, 0.4) is 0 Å². The van der Waals surface area contributed by atoms with Crippen LogP contribution in [0.4, 0.5) is 0 Å². The molecule has 0 aliphatic heterocycles. The van der Waals surface area contributed by atoms with E-state index in [9.17, 15) is 0 Å². The Morgan fingerprint density at radius 1 is 1.47 bits per heavy atom. The summed E-state index contributed by atoms with van der Waals surface area (Å²) in [6.07, 6.45) is 1.83. The van der Waals surface area contributed by atoms with Crippen molar-refractivity contribution in [2.75, 3.05) is 26.9 Å². The molecule has 0 bridgehead atoms. The monoisotopic (exact) mass is 237 g/mol. The third-order valence-corrected chi connectivity index (χ3v) is 3.41. The van der Waals surface area contributed by atoms with Gasteiger partial charge in [-0.25, -0.2) is 0 Å². The van der Waals surface area contributed by atoms with E-state index < -0.39 is 5.60 Å². The summed E-state index contributed by atoms with van der Waals surface area (Å²) in [5, 5.41) is 8.89. The van der Waals surface area contributed by atoms with Gasteiger partial charge in [0.25, 0.3) is 0 Å². The van der Waals surface area contributed by atoms with Crippen molar-refractivity contribution in [3.05, 3.63) is 29.3 Å². The molecule has 0 aromatic heterocycles. The maximum Gasteiger partial charge on any atom is 0.119 e. The average molecular weight is 237 g/mol. The van der Waals surface area contributed by atoms with Crippen molar-refractivity contribution in [3.8, 4) is 5.75 Å². The van der Waals surface area contributed by atoms with Gasteiger partial charge in [-0.2, -0.15) is 0 Å². The predicted octanol–water partition coefficient (Wildman–Crippen LogP) is 0.804. The van der Waals surface area contributed by atoms with Crippen LogP contribution in [0.5, 0.6) is 5.75 Å². The zero-order chi connectivity index (χ0) is 12.3. The second-order valence-electron chi connectivity index (χ2n) is 4.29. The van der Waals surface area contributed by atoms with E-state index in [1.54, 1.807) is 7.11 Å². The number of nitrogens with two attached hydrogens (primary N) is 1. The smallest absolute Gasteiger partial charge is 0.119 e. The normalized spacial score (nSPS) is 22.5. The van der Waals surface area contributed by atoms with Crippen LogP contribution in [0, 0.1) is 0 Å². The third-order valence-electron chi connectivity index (χ3n) is 3.41. The fraction of sp³-hybridized carbons (Fsp3) is 0.538. The van der Waals surface area contributed by atoms with E-state index in [1.807, 2.05) is 12.1 Å². The van der Waals surface area contributed by atoms with Crippen LogP contribution in [0.1, 0.15) is 17.5 Å². The molecule has 1 aromatic carbocycles. The molecule has 4 heteroatoms. The van der Waals surface area contributed by atoms with Crippen molar-refractivity contribution in [2.45, 2.75) is 18.4 Å². The summed E-state index contributed by atoms with van der Waals surface area (Å²) in [7, 11) is 1.65. The molecule has 2 rings (SSSR count). The maximum atomic E-state index is 8.89. The van der Waals surface area contributed by atoms with E-state index in [0.717, 1.165) is 24.2 Å². The predicted molar refractivity (Wildman–Crippen MR) is 65.1 cm³/mol. The van der Waals surface area contributed by atoms with Crippen LogP contribution in [0.25, 0.3) is 0 Å². The molecule has 1 unspecified atom stereocenters. The number of hydrogen-bond acceptors (Lipinski definition) is 4. The van der Waals surface area contributed by atoms with E-state index in [-0.39, 0.29) is 6.61 Å². The summed E-state index contributed by atoms with van der Waals surface area (Å²) in [6.45, 7) is 0.752. The number of aliphatic hydroxyl groups is 1. The fourth-order valence-electron chi connectivity index (χ4n) is 2.46. The number of methoxy groups -OCH3 is 1. The first-order valence-corrected chi connectivity index (χ1v) is 5.88. The van der Waals surface area contributed by atoms with E-state index in [2.05, 4.69) is 6.07 Å². The summed E-state index contributed by atoms with van der Waals surface area (Å²) in [5.74, 6) is 0.816. The van der Waals surface area contributed by atoms with Crippen molar-refractivity contribution >= 4 is 0 Å². The van der Waals surface area contributed by atoms with Crippen LogP contribution >= 0.6 is 0 Å². The lowest BCUT2D eigenvalue weighted by Crippen LogP contribution is -2.36. The Labute approximate surface area is 101 Å².